The lowest BCUT2D eigenvalue weighted by Gasteiger charge is -2.42. The van der Waals surface area contributed by atoms with Crippen LogP contribution >= 0.6 is 0 Å². The van der Waals surface area contributed by atoms with E-state index in [2.05, 4.69) is 5.32 Å². The highest BCUT2D eigenvalue weighted by atomic mass is 32.2. The van der Waals surface area contributed by atoms with Gasteiger partial charge in [0.05, 0.1) is 5.41 Å². The van der Waals surface area contributed by atoms with E-state index in [4.69, 9.17) is 14.2 Å². The Kier molecular flexibility index (Phi) is 6.66. The maximum Gasteiger partial charge on any atom is 0.408 e. The Morgan fingerprint density at radius 1 is 1.06 bits per heavy atom. The molecule has 186 valence electrons. The lowest BCUT2D eigenvalue weighted by Crippen LogP contribution is -2.72. The Hall–Kier alpha value is -3.15. The van der Waals surface area contributed by atoms with Gasteiger partial charge in [-0.05, 0) is 40.2 Å². The van der Waals surface area contributed by atoms with Crippen molar-refractivity contribution in [3.8, 4) is 0 Å². The number of hydrogen-bond acceptors (Lipinski definition) is 9. The fourth-order valence-electron chi connectivity index (χ4n) is 3.75. The molecule has 2 amide bonds. The summed E-state index contributed by atoms with van der Waals surface area (Å²) < 4.78 is 39.5. The minimum absolute atomic E-state index is 0.0670. The molecule has 0 aliphatic carbocycles. The van der Waals surface area contributed by atoms with E-state index in [1.54, 1.807) is 51.1 Å². The highest BCUT2D eigenvalue weighted by Gasteiger charge is 2.72. The Morgan fingerprint density at radius 3 is 2.26 bits per heavy atom. The van der Waals surface area contributed by atoms with Gasteiger partial charge in [0, 0.05) is 0 Å². The maximum absolute atomic E-state index is 13.1. The van der Waals surface area contributed by atoms with Gasteiger partial charge in [-0.25, -0.2) is 18.0 Å². The molecule has 1 aromatic carbocycles. The van der Waals surface area contributed by atoms with Crippen LogP contribution in [0.2, 0.25) is 0 Å². The van der Waals surface area contributed by atoms with E-state index in [1.165, 1.54) is 13.8 Å². The van der Waals surface area contributed by atoms with Crippen LogP contribution < -0.4 is 5.32 Å². The molecule has 1 aromatic rings. The molecule has 2 aliphatic rings. The number of ether oxygens (including phenoxy) is 3. The van der Waals surface area contributed by atoms with Gasteiger partial charge in [-0.2, -0.15) is 0 Å². The van der Waals surface area contributed by atoms with Crippen LogP contribution in [0.4, 0.5) is 4.79 Å². The van der Waals surface area contributed by atoms with Crippen molar-refractivity contribution in [1.82, 2.24) is 10.2 Å². The predicted octanol–water partition coefficient (Wildman–Crippen LogP) is 1.12. The van der Waals surface area contributed by atoms with E-state index in [-0.39, 0.29) is 6.61 Å². The lowest BCUT2D eigenvalue weighted by atomic mass is 9.96. The van der Waals surface area contributed by atoms with Crippen molar-refractivity contribution in [2.45, 2.75) is 63.4 Å². The van der Waals surface area contributed by atoms with Gasteiger partial charge in [0.15, 0.2) is 15.2 Å². The molecule has 1 N–H and O–H groups in total. The van der Waals surface area contributed by atoms with Crippen molar-refractivity contribution in [1.29, 1.82) is 0 Å². The van der Waals surface area contributed by atoms with Gasteiger partial charge < -0.3 is 24.4 Å². The van der Waals surface area contributed by atoms with Crippen LogP contribution in [0.3, 0.4) is 0 Å². The molecule has 0 unspecified atom stereocenters. The summed E-state index contributed by atoms with van der Waals surface area (Å²) in [6.07, 6.45) is -0.963. The third kappa shape index (κ3) is 4.46. The Bertz CT molecular complexity index is 1090. The van der Waals surface area contributed by atoms with Crippen LogP contribution in [0.15, 0.2) is 30.3 Å². The number of hydrogen-bond donors (Lipinski definition) is 1. The molecular weight excluding hydrogens is 468 g/mol. The number of carbonyl (C=O) groups is 4. The second-order valence-electron chi connectivity index (χ2n) is 9.63. The molecular formula is C22H28N2O9S. The molecule has 11 nitrogen and oxygen atoms in total. The highest BCUT2D eigenvalue weighted by Crippen LogP contribution is 2.46. The van der Waals surface area contributed by atoms with E-state index < -0.39 is 68.2 Å². The number of alkyl carbamates (subject to hydrolysis) is 1. The summed E-state index contributed by atoms with van der Waals surface area (Å²) in [5, 5.41) is 0.832. The predicted molar refractivity (Wildman–Crippen MR) is 117 cm³/mol. The topological polar surface area (TPSA) is 145 Å². The van der Waals surface area contributed by atoms with Gasteiger partial charge >= 0.3 is 18.0 Å². The van der Waals surface area contributed by atoms with Crippen molar-refractivity contribution in [3.05, 3.63) is 35.9 Å². The molecule has 3 rings (SSSR count). The second kappa shape index (κ2) is 8.90. The summed E-state index contributed by atoms with van der Waals surface area (Å²) in [5.41, 5.74) is -0.113. The summed E-state index contributed by atoms with van der Waals surface area (Å²) in [4.78, 5) is 50.4. The third-order valence-electron chi connectivity index (χ3n) is 5.78. The van der Waals surface area contributed by atoms with Crippen LogP contribution in [0.5, 0.6) is 0 Å². The van der Waals surface area contributed by atoms with Gasteiger partial charge in [-0.15, -0.1) is 0 Å². The first kappa shape index (κ1) is 25.5. The normalized spacial score (nSPS) is 24.4. The van der Waals surface area contributed by atoms with E-state index in [0.717, 1.165) is 4.90 Å². The van der Waals surface area contributed by atoms with Gasteiger partial charge in [0.2, 0.25) is 12.7 Å². The third-order valence-corrected chi connectivity index (χ3v) is 8.61. The van der Waals surface area contributed by atoms with E-state index in [9.17, 15) is 27.6 Å². The molecule has 2 fully saturated rings. The monoisotopic (exact) mass is 496 g/mol. The molecule has 0 radical (unpaired) electrons. The average Bonchev–Trinajstić information content (AvgIpc) is 2.90. The van der Waals surface area contributed by atoms with Crippen molar-refractivity contribution in [2.24, 2.45) is 5.41 Å². The zero-order chi connectivity index (χ0) is 25.5. The minimum Gasteiger partial charge on any atom is -0.445 e. The molecule has 0 aromatic heterocycles. The Labute approximate surface area is 197 Å². The van der Waals surface area contributed by atoms with Gasteiger partial charge in [-0.3, -0.25) is 9.59 Å². The number of rotatable bonds is 6. The quantitative estimate of drug-likeness (QED) is 0.348. The summed E-state index contributed by atoms with van der Waals surface area (Å²) in [6.45, 7) is 6.66. The van der Waals surface area contributed by atoms with Gasteiger partial charge in [0.25, 0.3) is 0 Å². The molecule has 0 bridgehead atoms. The molecule has 0 saturated carbocycles. The van der Waals surface area contributed by atoms with Gasteiger partial charge in [0.1, 0.15) is 23.4 Å². The summed E-state index contributed by atoms with van der Waals surface area (Å²) in [5.74, 6) is -2.41. The van der Waals surface area contributed by atoms with Crippen molar-refractivity contribution in [2.75, 3.05) is 6.79 Å². The average molecular weight is 497 g/mol. The molecule has 2 heterocycles. The summed E-state index contributed by atoms with van der Waals surface area (Å²) in [6, 6.07) is 5.94. The van der Waals surface area contributed by atoms with Crippen molar-refractivity contribution in [3.63, 3.8) is 0 Å². The van der Waals surface area contributed by atoms with E-state index >= 15 is 0 Å². The highest BCUT2D eigenvalue weighted by molar-refractivity contribution is 7.94. The standard InChI is InChI=1S/C22H28N2O9S/c1-21(2,3)19(27)33-12-32-18(26)15-22(4,5)34(29,30)17-14(16(25)24(15)17)23-20(28)31-11-13-9-7-6-8-10-13/h6-10,14-15,17H,11-12H2,1-5H3,(H,23,28)/t14-,15+,17-/m1/s1. The van der Waals surface area contributed by atoms with Gasteiger partial charge in [-0.1, -0.05) is 30.3 Å². The molecule has 3 atom stereocenters. The van der Waals surface area contributed by atoms with E-state index in [0.29, 0.717) is 5.56 Å². The Balaban J connectivity index is 1.66. The summed E-state index contributed by atoms with van der Waals surface area (Å²) >= 11 is 0. The number of fused-ring (bicyclic) bond motifs is 1. The number of amides is 2. The number of β-lactam (4-membered cyclic amide) rings is 1. The number of benzene rings is 1. The van der Waals surface area contributed by atoms with E-state index in [1.807, 2.05) is 0 Å². The molecule has 12 heteroatoms. The number of esters is 2. The van der Waals surface area contributed by atoms with Crippen molar-refractivity contribution >= 4 is 33.8 Å². The summed E-state index contributed by atoms with van der Waals surface area (Å²) in [7, 11) is -4.09. The van der Waals surface area contributed by atoms with Crippen LogP contribution in [-0.4, -0.2) is 66.3 Å². The van der Waals surface area contributed by atoms with Crippen molar-refractivity contribution < 1.29 is 41.8 Å². The van der Waals surface area contributed by atoms with Crippen LogP contribution in [0.1, 0.15) is 40.2 Å². The largest absolute Gasteiger partial charge is 0.445 e. The number of nitrogens with one attached hydrogen (secondary N) is 1. The maximum atomic E-state index is 13.1. The molecule has 2 saturated heterocycles. The Morgan fingerprint density at radius 2 is 1.68 bits per heavy atom. The number of sulfone groups is 1. The fourth-order valence-corrected chi connectivity index (χ4v) is 5.96. The molecule has 34 heavy (non-hydrogen) atoms. The second-order valence-corrected chi connectivity index (χ2v) is 12.3. The first-order valence-electron chi connectivity index (χ1n) is 10.6. The zero-order valence-electron chi connectivity index (χ0n) is 19.6. The van der Waals surface area contributed by atoms with Crippen LogP contribution in [-0.2, 0) is 45.0 Å². The van der Waals surface area contributed by atoms with Crippen LogP contribution in [0, 0.1) is 5.41 Å². The smallest absolute Gasteiger partial charge is 0.408 e. The van der Waals surface area contributed by atoms with Crippen LogP contribution in [0.25, 0.3) is 0 Å². The molecule has 2 aliphatic heterocycles. The SMILES string of the molecule is CC(C)(C)C(=O)OCOC(=O)[C@@H]1N2C(=O)[C@@H](NC(=O)OCc3ccccc3)[C@H]2S(=O)(=O)C1(C)C. The first-order chi connectivity index (χ1) is 15.7. The fraction of sp³-hybridized carbons (Fsp3) is 0.545. The minimum atomic E-state index is -4.09. The lowest BCUT2D eigenvalue weighted by molar-refractivity contribution is -0.180. The zero-order valence-corrected chi connectivity index (χ0v) is 20.4. The number of nitrogens with zero attached hydrogens (tertiary/aromatic N) is 1. The first-order valence-corrected chi connectivity index (χ1v) is 12.1. The number of carbonyl (C=O) groups excluding carboxylic acids is 4. The molecule has 0 spiro atoms.